The van der Waals surface area contributed by atoms with Gasteiger partial charge in [0.1, 0.15) is 0 Å². The molecule has 0 spiro atoms. The SMILES string of the molecule is Cc1cc(C)c(-n2ccnc2)c(C)c1N.Cc1cc(C)c(N2CCCC2)c(C)c1N.Cc1ccc(N)c(C)c1N1CCCC1.Cc1ccc(N2CCCC2)c(C)c1N. The lowest BCUT2D eigenvalue weighted by atomic mass is 10.0. The molecule has 3 aliphatic heterocycles. The van der Waals surface area contributed by atoms with Crippen LogP contribution in [0.15, 0.2) is 55.1 Å². The summed E-state index contributed by atoms with van der Waals surface area (Å²) >= 11 is 0. The molecule has 0 aliphatic carbocycles. The molecule has 0 unspecified atom stereocenters. The average Bonchev–Trinajstić information content (AvgIpc) is 4.04. The first-order chi connectivity index (χ1) is 27.6. The number of rotatable bonds is 4. The number of nitrogens with zero attached hydrogens (tertiary/aromatic N) is 5. The van der Waals surface area contributed by atoms with E-state index < -0.39 is 0 Å². The van der Waals surface area contributed by atoms with E-state index in [2.05, 4.69) is 105 Å². The van der Waals surface area contributed by atoms with Crippen LogP contribution in [0.3, 0.4) is 0 Å². The zero-order chi connectivity index (χ0) is 42.3. The minimum Gasteiger partial charge on any atom is -0.398 e. The third-order valence-corrected chi connectivity index (χ3v) is 12.4. The van der Waals surface area contributed by atoms with E-state index in [1.165, 1.54) is 139 Å². The monoisotopic (exact) mass is 786 g/mol. The van der Waals surface area contributed by atoms with Crippen LogP contribution in [0.25, 0.3) is 5.69 Å². The summed E-state index contributed by atoms with van der Waals surface area (Å²) in [7, 11) is 0. The standard InChI is InChI=1S/C13H20N2.C12H15N3.2C12H18N2/c1-9-8-10(2)13(11(3)12(9)14)15-6-4-5-7-15;1-8-6-9(2)12(10(3)11(8)13)15-5-4-14-7-15;1-9-5-6-11(10(2)12(9)13)14-7-3-4-8-14;1-9-5-6-11(13)10(2)12(9)14-7-3-4-8-14/h8H,4-7,14H2,1-3H3;4-7H,13H2,1-3H3;2*5-6H,3-4,7-8,13H2,1-2H3. The molecule has 4 aromatic carbocycles. The molecule has 0 radical (unpaired) electrons. The van der Waals surface area contributed by atoms with E-state index in [9.17, 15) is 0 Å². The van der Waals surface area contributed by atoms with Crippen molar-refractivity contribution < 1.29 is 0 Å². The summed E-state index contributed by atoms with van der Waals surface area (Å²) < 4.78 is 2.00. The number of imidazole rings is 1. The van der Waals surface area contributed by atoms with E-state index in [1.54, 1.807) is 12.5 Å². The van der Waals surface area contributed by atoms with Crippen molar-refractivity contribution in [2.24, 2.45) is 0 Å². The normalized spacial score (nSPS) is 14.8. The molecule has 3 fully saturated rings. The van der Waals surface area contributed by atoms with Gasteiger partial charge in [0.15, 0.2) is 0 Å². The summed E-state index contributed by atoms with van der Waals surface area (Å²) in [4.78, 5) is 11.4. The molecule has 0 bridgehead atoms. The molecule has 3 aliphatic rings. The number of hydrogen-bond acceptors (Lipinski definition) is 8. The van der Waals surface area contributed by atoms with E-state index >= 15 is 0 Å². The van der Waals surface area contributed by atoms with Crippen molar-refractivity contribution in [3.05, 3.63) is 111 Å². The second-order valence-corrected chi connectivity index (χ2v) is 16.7. The first kappa shape index (κ1) is 43.8. The predicted molar refractivity (Wildman–Crippen MR) is 252 cm³/mol. The molecular weight excluding hydrogens is 715 g/mol. The molecule has 9 heteroatoms. The fourth-order valence-electron chi connectivity index (χ4n) is 9.03. The number of aryl methyl sites for hydroxylation is 6. The topological polar surface area (TPSA) is 132 Å². The molecule has 1 aromatic heterocycles. The van der Waals surface area contributed by atoms with Gasteiger partial charge in [-0.3, -0.25) is 0 Å². The van der Waals surface area contributed by atoms with Gasteiger partial charge < -0.3 is 42.2 Å². The van der Waals surface area contributed by atoms with Crippen LogP contribution in [0.4, 0.5) is 39.8 Å². The second kappa shape index (κ2) is 19.4. The summed E-state index contributed by atoms with van der Waals surface area (Å²) in [5.74, 6) is 0. The highest BCUT2D eigenvalue weighted by Crippen LogP contribution is 2.34. The molecule has 3 saturated heterocycles. The minimum atomic E-state index is 0.865. The van der Waals surface area contributed by atoms with Crippen LogP contribution < -0.4 is 37.6 Å². The number of benzene rings is 4. The Labute approximate surface area is 349 Å². The van der Waals surface area contributed by atoms with Gasteiger partial charge in [0.05, 0.1) is 12.0 Å². The molecule has 312 valence electrons. The Kier molecular flexibility index (Phi) is 14.7. The average molecular weight is 786 g/mol. The zero-order valence-electron chi connectivity index (χ0n) is 37.2. The van der Waals surface area contributed by atoms with Gasteiger partial charge in [-0.05, 0) is 176 Å². The van der Waals surface area contributed by atoms with E-state index in [4.69, 9.17) is 22.9 Å². The fraction of sp³-hybridized carbons (Fsp3) is 0.449. The van der Waals surface area contributed by atoms with Gasteiger partial charge in [-0.25, -0.2) is 4.98 Å². The van der Waals surface area contributed by atoms with Crippen LogP contribution in [0.5, 0.6) is 0 Å². The first-order valence-electron chi connectivity index (χ1n) is 21.3. The van der Waals surface area contributed by atoms with Gasteiger partial charge in [0.25, 0.3) is 0 Å². The Balaban J connectivity index is 0.000000147. The van der Waals surface area contributed by atoms with Crippen molar-refractivity contribution in [2.75, 3.05) is 76.9 Å². The summed E-state index contributed by atoms with van der Waals surface area (Å²) in [6.07, 6.45) is 13.4. The molecule has 0 saturated carbocycles. The molecule has 4 heterocycles. The Morgan fingerprint density at radius 2 is 0.862 bits per heavy atom. The maximum Gasteiger partial charge on any atom is 0.0991 e. The lowest BCUT2D eigenvalue weighted by Crippen LogP contribution is -2.20. The van der Waals surface area contributed by atoms with Gasteiger partial charge in [-0.15, -0.1) is 0 Å². The predicted octanol–water partition coefficient (Wildman–Crippen LogP) is 10.1. The Hall–Kier alpha value is -5.31. The van der Waals surface area contributed by atoms with Crippen LogP contribution in [-0.2, 0) is 0 Å². The largest absolute Gasteiger partial charge is 0.398 e. The number of hydrogen-bond donors (Lipinski definition) is 4. The Morgan fingerprint density at radius 3 is 1.36 bits per heavy atom. The number of nitrogens with two attached hydrogens (primary N) is 4. The molecule has 58 heavy (non-hydrogen) atoms. The van der Waals surface area contributed by atoms with Crippen molar-refractivity contribution in [3.63, 3.8) is 0 Å². The second-order valence-electron chi connectivity index (χ2n) is 16.7. The van der Waals surface area contributed by atoms with Crippen molar-refractivity contribution in [1.29, 1.82) is 0 Å². The highest BCUT2D eigenvalue weighted by molar-refractivity contribution is 5.72. The lowest BCUT2D eigenvalue weighted by molar-refractivity contribution is 0.949. The van der Waals surface area contributed by atoms with Gasteiger partial charge in [-0.1, -0.05) is 24.3 Å². The summed E-state index contributed by atoms with van der Waals surface area (Å²) in [6, 6.07) is 12.8. The Morgan fingerprint density at radius 1 is 0.431 bits per heavy atom. The van der Waals surface area contributed by atoms with Crippen molar-refractivity contribution in [3.8, 4) is 5.69 Å². The summed E-state index contributed by atoms with van der Waals surface area (Å²) in [6.45, 7) is 28.2. The third-order valence-electron chi connectivity index (χ3n) is 12.4. The molecule has 5 aromatic rings. The van der Waals surface area contributed by atoms with E-state index in [0.717, 1.165) is 39.6 Å². The molecule has 0 amide bonds. The van der Waals surface area contributed by atoms with Crippen LogP contribution in [-0.4, -0.2) is 48.8 Å². The molecule has 0 atom stereocenters. The third kappa shape index (κ3) is 9.86. The number of aromatic nitrogens is 2. The number of nitrogen functional groups attached to an aromatic ring is 4. The van der Waals surface area contributed by atoms with Crippen molar-refractivity contribution in [2.45, 2.75) is 108 Å². The van der Waals surface area contributed by atoms with Crippen molar-refractivity contribution >= 4 is 39.8 Å². The van der Waals surface area contributed by atoms with Gasteiger partial charge in [-0.2, -0.15) is 0 Å². The van der Waals surface area contributed by atoms with Gasteiger partial charge in [0, 0.05) is 91.5 Å². The van der Waals surface area contributed by atoms with E-state index in [1.807, 2.05) is 30.7 Å². The maximum absolute atomic E-state index is 6.09. The number of anilines is 7. The highest BCUT2D eigenvalue weighted by Gasteiger charge is 2.20. The van der Waals surface area contributed by atoms with Gasteiger partial charge >= 0.3 is 0 Å². The Bertz CT molecular complexity index is 2150. The van der Waals surface area contributed by atoms with Crippen LogP contribution in [0.1, 0.15) is 94.2 Å². The summed E-state index contributed by atoms with van der Waals surface area (Å²) in [5.41, 5.74) is 45.3. The minimum absolute atomic E-state index is 0.865. The highest BCUT2D eigenvalue weighted by atomic mass is 15.2. The quantitative estimate of drug-likeness (QED) is 0.133. The zero-order valence-corrected chi connectivity index (χ0v) is 37.2. The van der Waals surface area contributed by atoms with Gasteiger partial charge in [0.2, 0.25) is 0 Å². The lowest BCUT2D eigenvalue weighted by Gasteiger charge is -2.24. The van der Waals surface area contributed by atoms with Crippen LogP contribution in [0, 0.1) is 69.2 Å². The maximum atomic E-state index is 6.09. The summed E-state index contributed by atoms with van der Waals surface area (Å²) in [5, 5.41) is 0. The smallest absolute Gasteiger partial charge is 0.0991 e. The van der Waals surface area contributed by atoms with Crippen molar-refractivity contribution in [1.82, 2.24) is 9.55 Å². The van der Waals surface area contributed by atoms with Crippen LogP contribution >= 0.6 is 0 Å². The fourth-order valence-corrected chi connectivity index (χ4v) is 9.03. The first-order valence-corrected chi connectivity index (χ1v) is 21.3. The molecule has 9 nitrogen and oxygen atoms in total. The van der Waals surface area contributed by atoms with Crippen LogP contribution in [0.2, 0.25) is 0 Å². The van der Waals surface area contributed by atoms with E-state index in [-0.39, 0.29) is 0 Å². The molecular formula is C49H71N9. The van der Waals surface area contributed by atoms with E-state index in [0.29, 0.717) is 0 Å². The molecule has 8 rings (SSSR count). The molecule has 8 N–H and O–H groups in total.